The van der Waals surface area contributed by atoms with Crippen LogP contribution in [0.1, 0.15) is 5.56 Å². The number of hydrogen-bond donors (Lipinski definition) is 1. The molecule has 0 atom stereocenters. The number of nitrogens with one attached hydrogen (secondary N) is 1. The van der Waals surface area contributed by atoms with Crippen LogP contribution in [0.25, 0.3) is 33.1 Å². The van der Waals surface area contributed by atoms with Gasteiger partial charge >= 0.3 is 5.63 Å². The fraction of sp³-hybridized carbons (Fsp3) is 0.0417. The van der Waals surface area contributed by atoms with Crippen LogP contribution < -0.4 is 10.9 Å². The van der Waals surface area contributed by atoms with Crippen LogP contribution in [0.5, 0.6) is 0 Å². The van der Waals surface area contributed by atoms with Crippen molar-refractivity contribution in [1.82, 2.24) is 0 Å². The molecule has 0 fully saturated rings. The SMILES string of the molecule is Cc1ccccc1Nc1oc2c(c1-c1ccccc1Cl)c(=O)oc1ccccc12. The predicted octanol–water partition coefficient (Wildman–Crippen LogP) is 6.91. The Morgan fingerprint density at radius 1 is 0.862 bits per heavy atom. The molecule has 0 aliphatic carbocycles. The van der Waals surface area contributed by atoms with Gasteiger partial charge < -0.3 is 14.2 Å². The highest BCUT2D eigenvalue weighted by molar-refractivity contribution is 6.34. The number of hydrogen-bond acceptors (Lipinski definition) is 4. The molecule has 3 aromatic carbocycles. The largest absolute Gasteiger partial charge is 0.439 e. The van der Waals surface area contributed by atoms with E-state index in [0.717, 1.165) is 16.6 Å². The van der Waals surface area contributed by atoms with Gasteiger partial charge in [0.15, 0.2) is 5.58 Å². The van der Waals surface area contributed by atoms with Crippen molar-refractivity contribution in [1.29, 1.82) is 0 Å². The Bertz CT molecular complexity index is 1430. The second-order valence-corrected chi connectivity index (χ2v) is 7.22. The Morgan fingerprint density at radius 2 is 1.59 bits per heavy atom. The molecule has 0 saturated heterocycles. The lowest BCUT2D eigenvalue weighted by Crippen LogP contribution is -2.00. The van der Waals surface area contributed by atoms with E-state index < -0.39 is 5.63 Å². The molecule has 2 heterocycles. The molecular weight excluding hydrogens is 386 g/mol. The van der Waals surface area contributed by atoms with Crippen molar-refractivity contribution in [2.75, 3.05) is 5.32 Å². The van der Waals surface area contributed by atoms with Gasteiger partial charge in [-0.3, -0.25) is 0 Å². The summed E-state index contributed by atoms with van der Waals surface area (Å²) < 4.78 is 11.8. The summed E-state index contributed by atoms with van der Waals surface area (Å²) in [6.45, 7) is 2.00. The molecule has 0 unspecified atom stereocenters. The highest BCUT2D eigenvalue weighted by atomic mass is 35.5. The van der Waals surface area contributed by atoms with Gasteiger partial charge in [0.1, 0.15) is 11.0 Å². The van der Waals surface area contributed by atoms with Gasteiger partial charge in [-0.25, -0.2) is 4.79 Å². The van der Waals surface area contributed by atoms with Gasteiger partial charge in [0, 0.05) is 16.3 Å². The summed E-state index contributed by atoms with van der Waals surface area (Å²) in [6.07, 6.45) is 0. The lowest BCUT2D eigenvalue weighted by molar-refractivity contribution is 0.566. The maximum absolute atomic E-state index is 12.9. The van der Waals surface area contributed by atoms with E-state index in [4.69, 9.17) is 20.4 Å². The minimum absolute atomic E-state index is 0.368. The average molecular weight is 402 g/mol. The summed E-state index contributed by atoms with van der Waals surface area (Å²) in [7, 11) is 0. The van der Waals surface area contributed by atoms with E-state index in [9.17, 15) is 4.79 Å². The van der Waals surface area contributed by atoms with Crippen LogP contribution in [0, 0.1) is 6.92 Å². The predicted molar refractivity (Wildman–Crippen MR) is 117 cm³/mol. The molecule has 0 saturated carbocycles. The zero-order valence-electron chi connectivity index (χ0n) is 15.5. The third-order valence-corrected chi connectivity index (χ3v) is 5.31. The highest BCUT2D eigenvalue weighted by Gasteiger charge is 2.24. The van der Waals surface area contributed by atoms with Crippen molar-refractivity contribution in [2.24, 2.45) is 0 Å². The smallest absolute Gasteiger partial charge is 0.348 e. The van der Waals surface area contributed by atoms with E-state index in [0.29, 0.717) is 38.6 Å². The number of furan rings is 1. The Morgan fingerprint density at radius 3 is 2.41 bits per heavy atom. The van der Waals surface area contributed by atoms with E-state index in [1.54, 1.807) is 12.1 Å². The van der Waals surface area contributed by atoms with Crippen LogP contribution in [0.2, 0.25) is 5.02 Å². The van der Waals surface area contributed by atoms with Crippen molar-refractivity contribution >= 4 is 45.1 Å². The van der Waals surface area contributed by atoms with Crippen molar-refractivity contribution in [2.45, 2.75) is 6.92 Å². The summed E-state index contributed by atoms with van der Waals surface area (Å²) in [5, 5.41) is 4.96. The minimum Gasteiger partial charge on any atom is -0.439 e. The summed E-state index contributed by atoms with van der Waals surface area (Å²) in [5.74, 6) is 0.450. The van der Waals surface area contributed by atoms with Gasteiger partial charge in [-0.15, -0.1) is 0 Å². The second-order valence-electron chi connectivity index (χ2n) is 6.82. The van der Waals surface area contributed by atoms with Gasteiger partial charge in [-0.05, 0) is 36.8 Å². The third kappa shape index (κ3) is 2.89. The van der Waals surface area contributed by atoms with Gasteiger partial charge in [-0.2, -0.15) is 0 Å². The van der Waals surface area contributed by atoms with E-state index >= 15 is 0 Å². The van der Waals surface area contributed by atoms with E-state index in [2.05, 4.69) is 5.32 Å². The maximum Gasteiger partial charge on any atom is 0.348 e. The molecule has 0 amide bonds. The molecule has 0 bridgehead atoms. The molecule has 1 N–H and O–H groups in total. The number of fused-ring (bicyclic) bond motifs is 3. The number of benzene rings is 3. The normalized spacial score (nSPS) is 11.2. The molecule has 0 aliphatic rings. The van der Waals surface area contributed by atoms with Crippen LogP contribution in [-0.4, -0.2) is 0 Å². The quantitative estimate of drug-likeness (QED) is 0.333. The average Bonchev–Trinajstić information content (AvgIpc) is 3.10. The first-order chi connectivity index (χ1) is 14.1. The molecule has 0 spiro atoms. The first-order valence-electron chi connectivity index (χ1n) is 9.19. The topological polar surface area (TPSA) is 55.4 Å². The highest BCUT2D eigenvalue weighted by Crippen LogP contribution is 2.43. The standard InChI is InChI=1S/C24H16ClNO3/c1-14-8-2-6-12-18(14)26-23-20(15-9-3-5-11-17(15)25)21-22(29-23)16-10-4-7-13-19(16)28-24(21)27/h2-13,26H,1H3. The molecule has 5 rings (SSSR count). The molecule has 0 radical (unpaired) electrons. The molecule has 5 aromatic rings. The van der Waals surface area contributed by atoms with Crippen molar-refractivity contribution in [3.63, 3.8) is 0 Å². The molecule has 142 valence electrons. The molecule has 0 aliphatic heterocycles. The monoisotopic (exact) mass is 401 g/mol. The zero-order chi connectivity index (χ0) is 20.0. The summed E-state index contributed by atoms with van der Waals surface area (Å²) in [5.41, 5.74) is 3.72. The van der Waals surface area contributed by atoms with Gasteiger partial charge in [0.2, 0.25) is 5.88 Å². The fourth-order valence-electron chi connectivity index (χ4n) is 3.55. The van der Waals surface area contributed by atoms with E-state index in [1.165, 1.54) is 0 Å². The lowest BCUT2D eigenvalue weighted by atomic mass is 10.0. The van der Waals surface area contributed by atoms with E-state index in [-0.39, 0.29) is 0 Å². The first-order valence-corrected chi connectivity index (χ1v) is 9.57. The summed E-state index contributed by atoms with van der Waals surface area (Å²) in [6, 6.07) is 22.6. The maximum atomic E-state index is 12.9. The zero-order valence-corrected chi connectivity index (χ0v) is 16.3. The Balaban J connectivity index is 1.88. The van der Waals surface area contributed by atoms with Gasteiger partial charge in [-0.1, -0.05) is 60.1 Å². The van der Waals surface area contributed by atoms with Crippen LogP contribution in [-0.2, 0) is 0 Å². The Hall–Kier alpha value is -3.50. The molecule has 29 heavy (non-hydrogen) atoms. The van der Waals surface area contributed by atoms with E-state index in [1.807, 2.05) is 67.6 Å². The van der Waals surface area contributed by atoms with Gasteiger partial charge in [0.05, 0.1) is 10.9 Å². The number of rotatable bonds is 3. The minimum atomic E-state index is -0.463. The Labute approximate surface area is 171 Å². The molecular formula is C24H16ClNO3. The lowest BCUT2D eigenvalue weighted by Gasteiger charge is -2.09. The number of aryl methyl sites for hydroxylation is 1. The first kappa shape index (κ1) is 17.6. The second kappa shape index (κ2) is 6.83. The van der Waals surface area contributed by atoms with Crippen molar-refractivity contribution < 1.29 is 8.83 Å². The molecule has 4 nitrogen and oxygen atoms in total. The number of para-hydroxylation sites is 2. The fourth-order valence-corrected chi connectivity index (χ4v) is 3.78. The number of halogens is 1. The summed E-state index contributed by atoms with van der Waals surface area (Å²) in [4.78, 5) is 12.9. The van der Waals surface area contributed by atoms with Crippen LogP contribution >= 0.6 is 11.6 Å². The van der Waals surface area contributed by atoms with Crippen LogP contribution in [0.3, 0.4) is 0 Å². The van der Waals surface area contributed by atoms with Crippen molar-refractivity contribution in [3.05, 3.63) is 93.8 Å². The number of anilines is 2. The van der Waals surface area contributed by atoms with Gasteiger partial charge in [0.25, 0.3) is 0 Å². The van der Waals surface area contributed by atoms with Crippen LogP contribution in [0.4, 0.5) is 11.6 Å². The van der Waals surface area contributed by atoms with Crippen LogP contribution in [0.15, 0.2) is 86.4 Å². The Kier molecular flexibility index (Phi) is 4.14. The summed E-state index contributed by atoms with van der Waals surface area (Å²) >= 11 is 6.49. The molecule has 5 heteroatoms. The van der Waals surface area contributed by atoms with Crippen molar-refractivity contribution in [3.8, 4) is 11.1 Å². The third-order valence-electron chi connectivity index (χ3n) is 4.98. The molecule has 2 aromatic heterocycles.